The molecule has 1 aliphatic carbocycles. The van der Waals surface area contributed by atoms with Crippen molar-refractivity contribution in [2.24, 2.45) is 5.92 Å². The summed E-state index contributed by atoms with van der Waals surface area (Å²) in [6.45, 7) is 0.620. The third-order valence-corrected chi connectivity index (χ3v) is 4.50. The van der Waals surface area contributed by atoms with Crippen LogP contribution in [-0.4, -0.2) is 23.4 Å². The first-order valence-electron chi connectivity index (χ1n) is 7.03. The van der Waals surface area contributed by atoms with Crippen LogP contribution in [0.1, 0.15) is 42.5 Å². The van der Waals surface area contributed by atoms with Crippen LogP contribution in [0.5, 0.6) is 0 Å². The third kappa shape index (κ3) is 2.19. The lowest BCUT2D eigenvalue weighted by molar-refractivity contribution is 0.0689. The van der Waals surface area contributed by atoms with E-state index in [-0.39, 0.29) is 11.6 Å². The van der Waals surface area contributed by atoms with Gasteiger partial charge in [0.25, 0.3) is 5.91 Å². The average Bonchev–Trinajstić information content (AvgIpc) is 2.87. The van der Waals surface area contributed by atoms with Gasteiger partial charge in [0.05, 0.1) is 0 Å². The van der Waals surface area contributed by atoms with Crippen molar-refractivity contribution in [2.75, 3.05) is 6.54 Å². The lowest BCUT2D eigenvalue weighted by Crippen LogP contribution is -2.39. The van der Waals surface area contributed by atoms with Crippen LogP contribution in [0.4, 0.5) is 13.2 Å². The molecule has 3 rings (SSSR count). The SMILES string of the molecule is O=C(c1cc(F)c(F)c(F)c1)N1CCC2CCCCC21. The summed E-state index contributed by atoms with van der Waals surface area (Å²) >= 11 is 0. The first kappa shape index (κ1) is 13.5. The summed E-state index contributed by atoms with van der Waals surface area (Å²) in [6.07, 6.45) is 5.27. The molecule has 108 valence electrons. The maximum absolute atomic E-state index is 13.2. The zero-order valence-electron chi connectivity index (χ0n) is 11.0. The summed E-state index contributed by atoms with van der Waals surface area (Å²) in [5, 5.41) is 0. The number of rotatable bonds is 1. The van der Waals surface area contributed by atoms with Crippen LogP contribution in [0.2, 0.25) is 0 Å². The van der Waals surface area contributed by atoms with Crippen molar-refractivity contribution >= 4 is 5.91 Å². The smallest absolute Gasteiger partial charge is 0.254 e. The summed E-state index contributed by atoms with van der Waals surface area (Å²) in [6, 6.07) is 1.75. The maximum atomic E-state index is 13.2. The van der Waals surface area contributed by atoms with E-state index >= 15 is 0 Å². The van der Waals surface area contributed by atoms with Gasteiger partial charge in [-0.1, -0.05) is 12.8 Å². The number of hydrogen-bond acceptors (Lipinski definition) is 1. The second-order valence-corrected chi connectivity index (χ2v) is 5.65. The zero-order valence-corrected chi connectivity index (χ0v) is 11.0. The largest absolute Gasteiger partial charge is 0.335 e. The Labute approximate surface area is 115 Å². The minimum absolute atomic E-state index is 0.104. The topological polar surface area (TPSA) is 20.3 Å². The predicted molar refractivity (Wildman–Crippen MR) is 67.7 cm³/mol. The molecule has 0 N–H and O–H groups in total. The fourth-order valence-electron chi connectivity index (χ4n) is 3.50. The molecule has 0 bridgehead atoms. The number of hydrogen-bond donors (Lipinski definition) is 0. The van der Waals surface area contributed by atoms with Crippen LogP contribution in [0.3, 0.4) is 0 Å². The normalized spacial score (nSPS) is 25.6. The molecule has 0 spiro atoms. The number of halogens is 3. The molecule has 1 amide bonds. The van der Waals surface area contributed by atoms with Gasteiger partial charge in [-0.15, -0.1) is 0 Å². The maximum Gasteiger partial charge on any atom is 0.254 e. The van der Waals surface area contributed by atoms with Crippen molar-refractivity contribution in [3.8, 4) is 0 Å². The van der Waals surface area contributed by atoms with Crippen molar-refractivity contribution in [1.82, 2.24) is 4.90 Å². The van der Waals surface area contributed by atoms with Gasteiger partial charge in [-0.3, -0.25) is 4.79 Å². The first-order chi connectivity index (χ1) is 9.58. The molecule has 20 heavy (non-hydrogen) atoms. The summed E-state index contributed by atoms with van der Waals surface area (Å²) in [7, 11) is 0. The van der Waals surface area contributed by atoms with Gasteiger partial charge >= 0.3 is 0 Å². The average molecular weight is 283 g/mol. The third-order valence-electron chi connectivity index (χ3n) is 4.50. The fraction of sp³-hybridized carbons (Fsp3) is 0.533. The Balaban J connectivity index is 1.86. The van der Waals surface area contributed by atoms with E-state index in [2.05, 4.69) is 0 Å². The van der Waals surface area contributed by atoms with Gasteiger partial charge in [-0.05, 0) is 37.3 Å². The minimum Gasteiger partial charge on any atom is -0.335 e. The van der Waals surface area contributed by atoms with Crippen molar-refractivity contribution in [3.05, 3.63) is 35.1 Å². The molecule has 1 saturated carbocycles. The molecule has 1 saturated heterocycles. The number of fused-ring (bicyclic) bond motifs is 1. The van der Waals surface area contributed by atoms with E-state index in [1.807, 2.05) is 0 Å². The minimum atomic E-state index is -1.53. The Morgan fingerprint density at radius 3 is 2.40 bits per heavy atom. The summed E-state index contributed by atoms with van der Waals surface area (Å²) < 4.78 is 39.4. The highest BCUT2D eigenvalue weighted by Gasteiger charge is 2.38. The van der Waals surface area contributed by atoms with Gasteiger partial charge in [0.2, 0.25) is 0 Å². The Bertz CT molecular complexity index is 523. The molecule has 5 heteroatoms. The Kier molecular flexibility index (Phi) is 3.44. The second kappa shape index (κ2) is 5.11. The molecule has 1 aliphatic heterocycles. The van der Waals surface area contributed by atoms with Crippen LogP contribution in [0.15, 0.2) is 12.1 Å². The Morgan fingerprint density at radius 1 is 1.05 bits per heavy atom. The quantitative estimate of drug-likeness (QED) is 0.722. The van der Waals surface area contributed by atoms with Gasteiger partial charge in [0, 0.05) is 18.2 Å². The second-order valence-electron chi connectivity index (χ2n) is 5.65. The van der Waals surface area contributed by atoms with Gasteiger partial charge in [0.1, 0.15) is 0 Å². The number of carbonyl (C=O) groups is 1. The number of likely N-dealkylation sites (tertiary alicyclic amines) is 1. The van der Waals surface area contributed by atoms with E-state index in [4.69, 9.17) is 0 Å². The molecule has 0 aromatic heterocycles. The highest BCUT2D eigenvalue weighted by atomic mass is 19.2. The van der Waals surface area contributed by atoms with Crippen LogP contribution < -0.4 is 0 Å². The fourth-order valence-corrected chi connectivity index (χ4v) is 3.50. The van der Waals surface area contributed by atoms with E-state index in [1.54, 1.807) is 4.90 Å². The molecule has 1 aromatic carbocycles. The van der Waals surface area contributed by atoms with E-state index in [0.29, 0.717) is 12.5 Å². The van der Waals surface area contributed by atoms with Gasteiger partial charge in [0.15, 0.2) is 17.5 Å². The van der Waals surface area contributed by atoms with E-state index < -0.39 is 23.4 Å². The van der Waals surface area contributed by atoms with Gasteiger partial charge < -0.3 is 4.90 Å². The standard InChI is InChI=1S/C15H16F3NO/c16-11-7-10(8-12(17)14(11)18)15(20)19-6-5-9-3-1-2-4-13(9)19/h7-9,13H,1-6H2. The van der Waals surface area contributed by atoms with Crippen molar-refractivity contribution < 1.29 is 18.0 Å². The number of amides is 1. The summed E-state index contributed by atoms with van der Waals surface area (Å²) in [5.74, 6) is -4.04. The predicted octanol–water partition coefficient (Wildman–Crippen LogP) is 3.51. The molecule has 1 heterocycles. The molecule has 2 atom stereocenters. The highest BCUT2D eigenvalue weighted by Crippen LogP contribution is 2.36. The van der Waals surface area contributed by atoms with E-state index in [0.717, 1.165) is 37.8 Å². The van der Waals surface area contributed by atoms with E-state index in [9.17, 15) is 18.0 Å². The lowest BCUT2D eigenvalue weighted by Gasteiger charge is -2.31. The Morgan fingerprint density at radius 2 is 1.70 bits per heavy atom. The molecular formula is C15H16F3NO. The van der Waals surface area contributed by atoms with Crippen molar-refractivity contribution in [1.29, 1.82) is 0 Å². The number of nitrogens with zero attached hydrogens (tertiary/aromatic N) is 1. The molecule has 2 aliphatic rings. The first-order valence-corrected chi connectivity index (χ1v) is 7.03. The molecular weight excluding hydrogens is 267 g/mol. The molecule has 2 nitrogen and oxygen atoms in total. The zero-order chi connectivity index (χ0) is 14.3. The number of carbonyl (C=O) groups excluding carboxylic acids is 1. The van der Waals surface area contributed by atoms with Crippen molar-refractivity contribution in [2.45, 2.75) is 38.1 Å². The molecule has 1 aromatic rings. The van der Waals surface area contributed by atoms with Crippen LogP contribution in [-0.2, 0) is 0 Å². The molecule has 0 radical (unpaired) electrons. The van der Waals surface area contributed by atoms with Gasteiger partial charge in [-0.2, -0.15) is 0 Å². The molecule has 2 fully saturated rings. The molecule has 2 unspecified atom stereocenters. The van der Waals surface area contributed by atoms with E-state index in [1.165, 1.54) is 6.42 Å². The van der Waals surface area contributed by atoms with Crippen LogP contribution in [0, 0.1) is 23.4 Å². The van der Waals surface area contributed by atoms with Crippen LogP contribution in [0.25, 0.3) is 0 Å². The Hall–Kier alpha value is -1.52. The highest BCUT2D eigenvalue weighted by molar-refractivity contribution is 5.94. The monoisotopic (exact) mass is 283 g/mol. The summed E-state index contributed by atoms with van der Waals surface area (Å²) in [5.41, 5.74) is -0.104. The summed E-state index contributed by atoms with van der Waals surface area (Å²) in [4.78, 5) is 14.1. The number of benzene rings is 1. The van der Waals surface area contributed by atoms with Crippen molar-refractivity contribution in [3.63, 3.8) is 0 Å². The lowest BCUT2D eigenvalue weighted by atomic mass is 9.85. The van der Waals surface area contributed by atoms with Crippen LogP contribution >= 0.6 is 0 Å². The van der Waals surface area contributed by atoms with Gasteiger partial charge in [-0.25, -0.2) is 13.2 Å².